The van der Waals surface area contributed by atoms with Gasteiger partial charge in [0.1, 0.15) is 0 Å². The minimum atomic E-state index is -0.103. The van der Waals surface area contributed by atoms with Crippen LogP contribution in [-0.4, -0.2) is 30.2 Å². The van der Waals surface area contributed by atoms with Crippen molar-refractivity contribution in [1.82, 2.24) is 4.90 Å². The number of hydrogen-bond acceptors (Lipinski definition) is 3. The Morgan fingerprint density at radius 3 is 2.46 bits per heavy atom. The molecular weight excluding hydrogens is 324 g/mol. The second kappa shape index (κ2) is 7.93. The number of likely N-dealkylation sites (N-methyl/N-ethyl adjacent to an activating group) is 1. The second-order valence-corrected chi connectivity index (χ2v) is 6.54. The summed E-state index contributed by atoms with van der Waals surface area (Å²) < 4.78 is 0. The lowest BCUT2D eigenvalue weighted by molar-refractivity contribution is -0.117. The molecule has 0 heterocycles. The predicted molar refractivity (Wildman–Crippen MR) is 105 cm³/mol. The molecule has 0 radical (unpaired) electrons. The monoisotopic (exact) mass is 346 g/mol. The quantitative estimate of drug-likeness (QED) is 0.683. The maximum absolute atomic E-state index is 12.3. The van der Waals surface area contributed by atoms with Crippen LogP contribution in [0.1, 0.15) is 22.8 Å². The summed E-state index contributed by atoms with van der Waals surface area (Å²) in [6.45, 7) is 2.47. The number of nitrogens with zero attached hydrogens (tertiary/aromatic N) is 1. The standard InChI is InChI=1S/C22H22N2O2/c1-16(25)19-8-5-9-21(13-19)23-22(26)15-24(2)14-17-10-11-18-6-3-4-7-20(18)12-17/h3-13H,14-15H2,1-2H3,(H,23,26). The smallest absolute Gasteiger partial charge is 0.238 e. The molecule has 3 aromatic rings. The lowest BCUT2D eigenvalue weighted by Crippen LogP contribution is -2.29. The van der Waals surface area contributed by atoms with Gasteiger partial charge in [0.15, 0.2) is 5.78 Å². The summed E-state index contributed by atoms with van der Waals surface area (Å²) in [4.78, 5) is 25.7. The van der Waals surface area contributed by atoms with E-state index in [0.717, 1.165) is 5.56 Å². The third-order valence-electron chi connectivity index (χ3n) is 4.23. The van der Waals surface area contributed by atoms with Crippen molar-refractivity contribution < 1.29 is 9.59 Å². The van der Waals surface area contributed by atoms with E-state index in [4.69, 9.17) is 0 Å². The van der Waals surface area contributed by atoms with Crippen LogP contribution in [0.25, 0.3) is 10.8 Å². The van der Waals surface area contributed by atoms with E-state index in [2.05, 4.69) is 35.6 Å². The summed E-state index contributed by atoms with van der Waals surface area (Å²) in [5.41, 5.74) is 2.40. The highest BCUT2D eigenvalue weighted by molar-refractivity contribution is 5.97. The van der Waals surface area contributed by atoms with Gasteiger partial charge in [0, 0.05) is 17.8 Å². The number of benzene rings is 3. The van der Waals surface area contributed by atoms with Crippen molar-refractivity contribution in [3.05, 3.63) is 77.9 Å². The highest BCUT2D eigenvalue weighted by Gasteiger charge is 2.09. The minimum absolute atomic E-state index is 0.0190. The fourth-order valence-electron chi connectivity index (χ4n) is 2.97. The number of amides is 1. The van der Waals surface area contributed by atoms with Crippen molar-refractivity contribution in [3.63, 3.8) is 0 Å². The molecule has 4 heteroatoms. The first-order chi connectivity index (χ1) is 12.5. The number of ketones is 1. The molecule has 0 saturated carbocycles. The van der Waals surface area contributed by atoms with E-state index < -0.39 is 0 Å². The van der Waals surface area contributed by atoms with Gasteiger partial charge in [0.2, 0.25) is 5.91 Å². The highest BCUT2D eigenvalue weighted by Crippen LogP contribution is 2.17. The summed E-state index contributed by atoms with van der Waals surface area (Å²) >= 11 is 0. The zero-order valence-electron chi connectivity index (χ0n) is 15.0. The van der Waals surface area contributed by atoms with Crippen molar-refractivity contribution in [2.45, 2.75) is 13.5 Å². The van der Waals surface area contributed by atoms with Crippen LogP contribution in [0.4, 0.5) is 5.69 Å². The average molecular weight is 346 g/mol. The predicted octanol–water partition coefficient (Wildman–Crippen LogP) is 4.11. The Labute approximate surface area is 153 Å². The fourth-order valence-corrected chi connectivity index (χ4v) is 2.97. The lowest BCUT2D eigenvalue weighted by atomic mass is 10.1. The molecule has 0 fully saturated rings. The topological polar surface area (TPSA) is 49.4 Å². The molecule has 3 rings (SSSR count). The third kappa shape index (κ3) is 4.55. The van der Waals surface area contributed by atoms with Crippen molar-refractivity contribution >= 4 is 28.2 Å². The summed E-state index contributed by atoms with van der Waals surface area (Å²) in [6, 6.07) is 21.6. The van der Waals surface area contributed by atoms with E-state index >= 15 is 0 Å². The Bertz CT molecular complexity index is 950. The van der Waals surface area contributed by atoms with Gasteiger partial charge in [-0.05, 0) is 48.5 Å². The van der Waals surface area contributed by atoms with Gasteiger partial charge in [-0.15, -0.1) is 0 Å². The van der Waals surface area contributed by atoms with Crippen molar-refractivity contribution in [1.29, 1.82) is 0 Å². The van der Waals surface area contributed by atoms with E-state index in [1.165, 1.54) is 17.7 Å². The normalized spacial score (nSPS) is 10.9. The third-order valence-corrected chi connectivity index (χ3v) is 4.23. The van der Waals surface area contributed by atoms with Crippen LogP contribution in [0.3, 0.4) is 0 Å². The Morgan fingerprint density at radius 1 is 0.923 bits per heavy atom. The SMILES string of the molecule is CC(=O)c1cccc(NC(=O)CN(C)Cc2ccc3ccccc3c2)c1. The van der Waals surface area contributed by atoms with Crippen LogP contribution >= 0.6 is 0 Å². The maximum atomic E-state index is 12.3. The molecule has 0 spiro atoms. The number of hydrogen-bond donors (Lipinski definition) is 1. The van der Waals surface area contributed by atoms with E-state index in [1.54, 1.807) is 24.3 Å². The molecule has 4 nitrogen and oxygen atoms in total. The van der Waals surface area contributed by atoms with Gasteiger partial charge in [0.05, 0.1) is 6.54 Å². The van der Waals surface area contributed by atoms with Crippen molar-refractivity contribution in [3.8, 4) is 0 Å². The number of carbonyl (C=O) groups is 2. The maximum Gasteiger partial charge on any atom is 0.238 e. The van der Waals surface area contributed by atoms with Gasteiger partial charge < -0.3 is 5.32 Å². The fraction of sp³-hybridized carbons (Fsp3) is 0.182. The number of rotatable bonds is 6. The van der Waals surface area contributed by atoms with Gasteiger partial charge in [-0.1, -0.05) is 48.5 Å². The lowest BCUT2D eigenvalue weighted by Gasteiger charge is -2.17. The van der Waals surface area contributed by atoms with Gasteiger partial charge in [-0.3, -0.25) is 14.5 Å². The molecule has 132 valence electrons. The van der Waals surface area contributed by atoms with Gasteiger partial charge in [-0.25, -0.2) is 0 Å². The first-order valence-corrected chi connectivity index (χ1v) is 8.58. The number of nitrogens with one attached hydrogen (secondary N) is 1. The molecule has 3 aromatic carbocycles. The van der Waals surface area contributed by atoms with Crippen LogP contribution in [-0.2, 0) is 11.3 Å². The summed E-state index contributed by atoms with van der Waals surface area (Å²) in [5.74, 6) is -0.122. The molecule has 0 unspecified atom stereocenters. The van der Waals surface area contributed by atoms with Gasteiger partial charge >= 0.3 is 0 Å². The van der Waals surface area contributed by atoms with Crippen molar-refractivity contribution in [2.75, 3.05) is 18.9 Å². The first kappa shape index (κ1) is 17.8. The molecule has 1 N–H and O–H groups in total. The molecule has 0 bridgehead atoms. The van der Waals surface area contributed by atoms with Crippen LogP contribution in [0.5, 0.6) is 0 Å². The molecule has 1 amide bonds. The molecule has 0 aliphatic heterocycles. The Hall–Kier alpha value is -2.98. The molecular formula is C22H22N2O2. The van der Waals surface area contributed by atoms with Crippen LogP contribution in [0.15, 0.2) is 66.7 Å². The minimum Gasteiger partial charge on any atom is -0.325 e. The second-order valence-electron chi connectivity index (χ2n) is 6.54. The molecule has 0 atom stereocenters. The summed E-state index contributed by atoms with van der Waals surface area (Å²) in [5, 5.41) is 5.26. The number of Topliss-reactive ketones (excluding diaryl/α,β-unsaturated/α-hetero) is 1. The Morgan fingerprint density at radius 2 is 1.69 bits per heavy atom. The number of carbonyl (C=O) groups excluding carboxylic acids is 2. The van der Waals surface area contributed by atoms with Crippen LogP contribution in [0, 0.1) is 0 Å². The van der Waals surface area contributed by atoms with E-state index in [0.29, 0.717) is 17.8 Å². The Kier molecular flexibility index (Phi) is 5.44. The summed E-state index contributed by atoms with van der Waals surface area (Å²) in [7, 11) is 1.92. The van der Waals surface area contributed by atoms with E-state index in [-0.39, 0.29) is 18.2 Å². The first-order valence-electron chi connectivity index (χ1n) is 8.58. The van der Waals surface area contributed by atoms with Crippen LogP contribution in [0.2, 0.25) is 0 Å². The molecule has 0 saturated heterocycles. The van der Waals surface area contributed by atoms with Gasteiger partial charge in [0.25, 0.3) is 0 Å². The average Bonchev–Trinajstić information content (AvgIpc) is 2.61. The van der Waals surface area contributed by atoms with Gasteiger partial charge in [-0.2, -0.15) is 0 Å². The van der Waals surface area contributed by atoms with E-state index in [9.17, 15) is 9.59 Å². The Balaban J connectivity index is 1.60. The summed E-state index contributed by atoms with van der Waals surface area (Å²) in [6.07, 6.45) is 0. The molecule has 0 aliphatic carbocycles. The molecule has 0 aromatic heterocycles. The molecule has 0 aliphatic rings. The molecule has 26 heavy (non-hydrogen) atoms. The highest BCUT2D eigenvalue weighted by atomic mass is 16.2. The van der Waals surface area contributed by atoms with E-state index in [1.807, 2.05) is 24.1 Å². The zero-order valence-corrected chi connectivity index (χ0v) is 15.0. The largest absolute Gasteiger partial charge is 0.325 e. The van der Waals surface area contributed by atoms with Crippen LogP contribution < -0.4 is 5.32 Å². The number of anilines is 1. The van der Waals surface area contributed by atoms with Crippen molar-refractivity contribution in [2.24, 2.45) is 0 Å². The zero-order chi connectivity index (χ0) is 18.5. The number of fused-ring (bicyclic) bond motifs is 1.